The molecule has 0 aliphatic heterocycles. The smallest absolute Gasteiger partial charge is 0.550 e. The monoisotopic (exact) mass is 348 g/mol. The van der Waals surface area contributed by atoms with Crippen molar-refractivity contribution in [3.63, 3.8) is 0 Å². The Morgan fingerprint density at radius 2 is 0.545 bits per heavy atom. The van der Waals surface area contributed by atoms with Gasteiger partial charge in [0.25, 0.3) is 0 Å². The fraction of sp³-hybridized carbons (Fsp3) is 0.800. The molecule has 0 saturated carbocycles. The van der Waals surface area contributed by atoms with Gasteiger partial charge in [-0.2, -0.15) is 0 Å². The van der Waals surface area contributed by atoms with Gasteiger partial charge in [-0.15, -0.1) is 0 Å². The van der Waals surface area contributed by atoms with E-state index in [2.05, 4.69) is 0 Å². The molecule has 126 valence electrons. The van der Waals surface area contributed by atoms with Crippen molar-refractivity contribution < 1.29 is 55.5 Å². The van der Waals surface area contributed by atoms with Gasteiger partial charge in [0.2, 0.25) is 0 Å². The van der Waals surface area contributed by atoms with Gasteiger partial charge in [-0.3, -0.25) is 0 Å². The summed E-state index contributed by atoms with van der Waals surface area (Å²) in [5, 5.41) is 29.7. The van der Waals surface area contributed by atoms with E-state index < -0.39 is 34.2 Å². The van der Waals surface area contributed by atoms with Gasteiger partial charge in [0.1, 0.15) is 0 Å². The van der Waals surface area contributed by atoms with E-state index in [0.29, 0.717) is 0 Å². The molecule has 0 heterocycles. The molecule has 0 spiro atoms. The van der Waals surface area contributed by atoms with E-state index in [4.69, 9.17) is 0 Å². The van der Waals surface area contributed by atoms with Gasteiger partial charge in [-0.25, -0.2) is 0 Å². The molecule has 0 rings (SSSR count). The molecule has 0 amide bonds. The molecule has 0 aromatic rings. The van der Waals surface area contributed by atoms with Crippen LogP contribution in [0.25, 0.3) is 0 Å². The van der Waals surface area contributed by atoms with Gasteiger partial charge in [0.15, 0.2) is 0 Å². The van der Waals surface area contributed by atoms with Crippen LogP contribution in [-0.4, -0.2) is 17.9 Å². The van der Waals surface area contributed by atoms with E-state index in [0.717, 1.165) is 0 Å². The van der Waals surface area contributed by atoms with Gasteiger partial charge in [-0.05, 0) is 0 Å². The largest absolute Gasteiger partial charge is 3.00 e. The van der Waals surface area contributed by atoms with E-state index in [1.165, 1.54) is 0 Å². The first-order valence-corrected chi connectivity index (χ1v) is 6.47. The summed E-state index contributed by atoms with van der Waals surface area (Å²) in [5.74, 6) is -3.02. The predicted octanol–water partition coefficient (Wildman–Crippen LogP) is -0.655. The first-order chi connectivity index (χ1) is 8.83. The van der Waals surface area contributed by atoms with Crippen molar-refractivity contribution in [2.24, 2.45) is 16.2 Å². The van der Waals surface area contributed by atoms with Crippen LogP contribution in [0.1, 0.15) is 62.3 Å². The fourth-order valence-corrected chi connectivity index (χ4v) is 0. The van der Waals surface area contributed by atoms with Gasteiger partial charge < -0.3 is 29.7 Å². The Labute approximate surface area is 152 Å². The van der Waals surface area contributed by atoms with Crippen molar-refractivity contribution in [2.45, 2.75) is 62.3 Å². The molecule has 0 bridgehead atoms. The topological polar surface area (TPSA) is 120 Å². The Bertz CT molecular complexity index is 299. The molecule has 22 heavy (non-hydrogen) atoms. The maximum atomic E-state index is 9.91. The quantitative estimate of drug-likeness (QED) is 0.573. The van der Waals surface area contributed by atoms with Crippen LogP contribution < -0.4 is 15.3 Å². The minimum atomic E-state index is -1.01. The minimum Gasteiger partial charge on any atom is -0.550 e. The molecular formula is C15H27O6Sc. The summed E-state index contributed by atoms with van der Waals surface area (Å²) < 4.78 is 0. The predicted molar refractivity (Wildman–Crippen MR) is 73.4 cm³/mol. The number of carbonyl (C=O) groups is 3. The zero-order valence-electron chi connectivity index (χ0n) is 15.0. The second-order valence-electron chi connectivity index (χ2n) is 7.61. The van der Waals surface area contributed by atoms with Crippen molar-refractivity contribution in [1.29, 1.82) is 0 Å². The van der Waals surface area contributed by atoms with Crippen LogP contribution in [-0.2, 0) is 40.2 Å². The van der Waals surface area contributed by atoms with Gasteiger partial charge in [0.05, 0.1) is 0 Å². The van der Waals surface area contributed by atoms with E-state index in [9.17, 15) is 29.7 Å². The number of carboxylic acids is 3. The van der Waals surface area contributed by atoms with E-state index in [1.807, 2.05) is 0 Å². The van der Waals surface area contributed by atoms with Crippen LogP contribution >= 0.6 is 0 Å². The van der Waals surface area contributed by atoms with Crippen molar-refractivity contribution in [3.8, 4) is 0 Å². The zero-order chi connectivity index (χ0) is 18.2. The maximum Gasteiger partial charge on any atom is 3.00 e. The van der Waals surface area contributed by atoms with Crippen molar-refractivity contribution >= 4 is 17.9 Å². The van der Waals surface area contributed by atoms with Crippen molar-refractivity contribution in [1.82, 2.24) is 0 Å². The van der Waals surface area contributed by atoms with Crippen LogP contribution in [0.15, 0.2) is 0 Å². The second kappa shape index (κ2) is 10.9. The SMILES string of the molecule is CC(C)(C)C(=O)[O-].CC(C)(C)C(=O)[O-].CC(C)(C)C(=O)[O-].[Sc+3]. The number of rotatable bonds is 0. The number of hydrogen-bond donors (Lipinski definition) is 0. The number of carboxylic acid groups (broad SMARTS) is 3. The summed E-state index contributed by atoms with van der Waals surface area (Å²) in [6.45, 7) is 14.4. The Hall–Kier alpha value is -0.720. The van der Waals surface area contributed by atoms with Gasteiger partial charge >= 0.3 is 25.8 Å². The standard InChI is InChI=1S/3C5H10O2.Sc/c3*1-5(2,3)4(6)7;/h3*1-3H3,(H,6,7);/q;;;+3/p-3. The normalized spacial score (nSPS) is 10.8. The first-order valence-electron chi connectivity index (χ1n) is 6.47. The third-order valence-electron chi connectivity index (χ3n) is 1.84. The molecule has 0 atom stereocenters. The fourth-order valence-electron chi connectivity index (χ4n) is 0. The third kappa shape index (κ3) is 21.6. The van der Waals surface area contributed by atoms with Crippen LogP contribution in [0.5, 0.6) is 0 Å². The molecule has 0 saturated heterocycles. The number of hydrogen-bond acceptors (Lipinski definition) is 6. The molecule has 0 aliphatic carbocycles. The third-order valence-corrected chi connectivity index (χ3v) is 1.84. The van der Waals surface area contributed by atoms with E-state index >= 15 is 0 Å². The summed E-state index contributed by atoms with van der Waals surface area (Å²) >= 11 is 0. The van der Waals surface area contributed by atoms with Gasteiger partial charge in [0, 0.05) is 34.2 Å². The van der Waals surface area contributed by atoms with E-state index in [1.54, 1.807) is 62.3 Å². The summed E-state index contributed by atoms with van der Waals surface area (Å²) in [4.78, 5) is 29.7. The molecule has 0 aromatic carbocycles. The molecule has 6 nitrogen and oxygen atoms in total. The summed E-state index contributed by atoms with van der Waals surface area (Å²) in [6.07, 6.45) is 0. The molecule has 0 aliphatic rings. The zero-order valence-corrected chi connectivity index (χ0v) is 16.8. The molecule has 0 radical (unpaired) electrons. The summed E-state index contributed by atoms with van der Waals surface area (Å²) in [6, 6.07) is 0. The van der Waals surface area contributed by atoms with Crippen LogP contribution in [0.3, 0.4) is 0 Å². The summed E-state index contributed by atoms with van der Waals surface area (Å²) in [5.41, 5.74) is -2.08. The molecule has 0 aromatic heterocycles. The molecule has 7 heteroatoms. The minimum absolute atomic E-state index is 0. The average Bonchev–Trinajstić information content (AvgIpc) is 2.14. The van der Waals surface area contributed by atoms with E-state index in [-0.39, 0.29) is 25.8 Å². The maximum absolute atomic E-state index is 9.91. The molecular weight excluding hydrogens is 321 g/mol. The number of aliphatic carboxylic acids is 3. The Morgan fingerprint density at radius 1 is 0.500 bits per heavy atom. The summed E-state index contributed by atoms with van der Waals surface area (Å²) in [7, 11) is 0. The second-order valence-corrected chi connectivity index (χ2v) is 7.61. The Morgan fingerprint density at radius 3 is 0.545 bits per heavy atom. The number of carbonyl (C=O) groups excluding carboxylic acids is 3. The van der Waals surface area contributed by atoms with Gasteiger partial charge in [-0.1, -0.05) is 62.3 Å². The Balaban J connectivity index is -0.000000108. The van der Waals surface area contributed by atoms with Crippen molar-refractivity contribution in [3.05, 3.63) is 0 Å². The van der Waals surface area contributed by atoms with Crippen molar-refractivity contribution in [2.75, 3.05) is 0 Å². The molecule has 0 N–H and O–H groups in total. The average molecular weight is 348 g/mol. The van der Waals surface area contributed by atoms with Crippen LogP contribution in [0.2, 0.25) is 0 Å². The Kier molecular flexibility index (Phi) is 14.5. The first kappa shape index (κ1) is 29.3. The van der Waals surface area contributed by atoms with Crippen LogP contribution in [0, 0.1) is 16.2 Å². The molecule has 0 unspecified atom stereocenters. The molecule has 0 fully saturated rings. The van der Waals surface area contributed by atoms with Crippen LogP contribution in [0.4, 0.5) is 0 Å².